The van der Waals surface area contributed by atoms with Crippen LogP contribution in [0.1, 0.15) is 5.56 Å². The molecule has 0 atom stereocenters. The van der Waals surface area contributed by atoms with Crippen molar-refractivity contribution in [3.63, 3.8) is 0 Å². The third-order valence-electron chi connectivity index (χ3n) is 4.51. The molecule has 4 rings (SSSR count). The Kier molecular flexibility index (Phi) is 5.72. The van der Waals surface area contributed by atoms with Gasteiger partial charge >= 0.3 is 0 Å². The Morgan fingerprint density at radius 3 is 2.52 bits per heavy atom. The summed E-state index contributed by atoms with van der Waals surface area (Å²) < 4.78 is 1.91. The van der Waals surface area contributed by atoms with Crippen LogP contribution in [0.5, 0.6) is 0 Å². The molecule has 29 heavy (non-hydrogen) atoms. The van der Waals surface area contributed by atoms with E-state index in [1.165, 1.54) is 11.8 Å². The number of aryl methyl sites for hydroxylation is 1. The van der Waals surface area contributed by atoms with E-state index >= 15 is 0 Å². The van der Waals surface area contributed by atoms with Gasteiger partial charge in [-0.05, 0) is 30.2 Å². The second-order valence-electron chi connectivity index (χ2n) is 6.52. The Labute approximate surface area is 173 Å². The van der Waals surface area contributed by atoms with Gasteiger partial charge in [-0.25, -0.2) is 0 Å². The molecule has 1 heterocycles. The maximum atomic E-state index is 12.6. The molecule has 0 aliphatic rings. The smallest absolute Gasteiger partial charge is 0.234 e. The lowest BCUT2D eigenvalue weighted by Crippen LogP contribution is -2.15. The summed E-state index contributed by atoms with van der Waals surface area (Å²) in [6.07, 6.45) is 1.67. The summed E-state index contributed by atoms with van der Waals surface area (Å²) >= 11 is 1.36. The maximum Gasteiger partial charge on any atom is 0.234 e. The number of hydrogen-bond acceptors (Lipinski definition) is 4. The van der Waals surface area contributed by atoms with Crippen molar-refractivity contribution in [1.29, 1.82) is 0 Å². The van der Waals surface area contributed by atoms with Gasteiger partial charge in [-0.2, -0.15) is 0 Å². The number of nitrogens with zero attached hydrogens (tertiary/aromatic N) is 3. The SMILES string of the molecule is Cc1ccccc1-n1cnnc1SCC(=O)Nc1ccccc1-c1ccccc1. The number of carbonyl (C=O) groups is 1. The molecule has 144 valence electrons. The van der Waals surface area contributed by atoms with E-state index in [9.17, 15) is 4.79 Å². The van der Waals surface area contributed by atoms with Gasteiger partial charge in [-0.3, -0.25) is 9.36 Å². The first-order valence-corrected chi connectivity index (χ1v) is 10.2. The van der Waals surface area contributed by atoms with Crippen molar-refractivity contribution in [3.8, 4) is 16.8 Å². The van der Waals surface area contributed by atoms with Crippen molar-refractivity contribution in [1.82, 2.24) is 14.8 Å². The first-order valence-electron chi connectivity index (χ1n) is 9.25. The Hall–Kier alpha value is -3.38. The fraction of sp³-hybridized carbons (Fsp3) is 0.0870. The molecule has 0 aliphatic carbocycles. The second-order valence-corrected chi connectivity index (χ2v) is 7.46. The first kappa shape index (κ1) is 19.0. The van der Waals surface area contributed by atoms with Crippen molar-refractivity contribution in [2.45, 2.75) is 12.1 Å². The van der Waals surface area contributed by atoms with Gasteiger partial charge in [0.25, 0.3) is 0 Å². The summed E-state index contributed by atoms with van der Waals surface area (Å²) in [7, 11) is 0. The number of hydrogen-bond donors (Lipinski definition) is 1. The molecule has 1 aromatic heterocycles. The van der Waals surface area contributed by atoms with Gasteiger partial charge in [-0.15, -0.1) is 10.2 Å². The normalized spacial score (nSPS) is 10.7. The zero-order valence-electron chi connectivity index (χ0n) is 15.9. The quantitative estimate of drug-likeness (QED) is 0.464. The molecule has 4 aromatic rings. The summed E-state index contributed by atoms with van der Waals surface area (Å²) in [6, 6.07) is 25.9. The number of anilines is 1. The molecule has 0 radical (unpaired) electrons. The highest BCUT2D eigenvalue weighted by Crippen LogP contribution is 2.28. The van der Waals surface area contributed by atoms with Crippen molar-refractivity contribution < 1.29 is 4.79 Å². The molecule has 1 amide bonds. The lowest BCUT2D eigenvalue weighted by molar-refractivity contribution is -0.113. The van der Waals surface area contributed by atoms with Gasteiger partial charge in [0.15, 0.2) is 5.16 Å². The molecule has 3 aromatic carbocycles. The largest absolute Gasteiger partial charge is 0.325 e. The molecule has 0 bridgehead atoms. The average Bonchev–Trinajstić information content (AvgIpc) is 3.22. The molecule has 0 fully saturated rings. The number of aromatic nitrogens is 3. The molecular formula is C23H20N4OS. The summed E-state index contributed by atoms with van der Waals surface area (Å²) in [5.41, 5.74) is 4.99. The van der Waals surface area contributed by atoms with E-state index in [0.717, 1.165) is 28.1 Å². The van der Waals surface area contributed by atoms with Crippen LogP contribution in [0.4, 0.5) is 5.69 Å². The van der Waals surface area contributed by atoms with Crippen LogP contribution in [0.25, 0.3) is 16.8 Å². The standard InChI is InChI=1S/C23H20N4OS/c1-17-9-5-8-14-21(17)27-16-24-26-23(27)29-15-22(28)25-20-13-7-6-12-19(20)18-10-3-2-4-11-18/h2-14,16H,15H2,1H3,(H,25,28). The van der Waals surface area contributed by atoms with Gasteiger partial charge in [0.05, 0.1) is 11.4 Å². The van der Waals surface area contributed by atoms with E-state index in [-0.39, 0.29) is 11.7 Å². The molecule has 0 aliphatic heterocycles. The summed E-state index contributed by atoms with van der Waals surface area (Å²) in [6.45, 7) is 2.04. The van der Waals surface area contributed by atoms with Crippen LogP contribution in [-0.4, -0.2) is 26.4 Å². The molecular weight excluding hydrogens is 380 g/mol. The molecule has 0 saturated heterocycles. The number of amides is 1. The van der Waals surface area contributed by atoms with Crippen molar-refractivity contribution in [3.05, 3.63) is 90.8 Å². The van der Waals surface area contributed by atoms with Crippen LogP contribution in [0, 0.1) is 6.92 Å². The van der Waals surface area contributed by atoms with E-state index in [4.69, 9.17) is 0 Å². The number of para-hydroxylation sites is 2. The van der Waals surface area contributed by atoms with Gasteiger partial charge in [0.1, 0.15) is 6.33 Å². The van der Waals surface area contributed by atoms with E-state index in [1.807, 2.05) is 90.4 Å². The molecule has 1 N–H and O–H groups in total. The van der Waals surface area contributed by atoms with Crippen LogP contribution >= 0.6 is 11.8 Å². The fourth-order valence-corrected chi connectivity index (χ4v) is 3.82. The Morgan fingerprint density at radius 2 is 1.69 bits per heavy atom. The van der Waals surface area contributed by atoms with Gasteiger partial charge < -0.3 is 5.32 Å². The molecule has 0 unspecified atom stereocenters. The van der Waals surface area contributed by atoms with Crippen LogP contribution < -0.4 is 5.32 Å². The Morgan fingerprint density at radius 1 is 0.966 bits per heavy atom. The van der Waals surface area contributed by atoms with Gasteiger partial charge in [0.2, 0.25) is 5.91 Å². The van der Waals surface area contributed by atoms with Crippen molar-refractivity contribution in [2.75, 3.05) is 11.1 Å². The molecule has 0 saturated carbocycles. The number of thioether (sulfide) groups is 1. The minimum Gasteiger partial charge on any atom is -0.325 e. The number of carbonyl (C=O) groups excluding carboxylic acids is 1. The molecule has 6 heteroatoms. The monoisotopic (exact) mass is 400 g/mol. The van der Waals surface area contributed by atoms with Crippen LogP contribution in [-0.2, 0) is 4.79 Å². The van der Waals surface area contributed by atoms with E-state index in [0.29, 0.717) is 5.16 Å². The molecule has 5 nitrogen and oxygen atoms in total. The second kappa shape index (κ2) is 8.75. The highest BCUT2D eigenvalue weighted by Gasteiger charge is 2.13. The Bertz CT molecular complexity index is 1120. The van der Waals surface area contributed by atoms with E-state index in [1.54, 1.807) is 6.33 Å². The third kappa shape index (κ3) is 4.38. The maximum absolute atomic E-state index is 12.6. The zero-order valence-corrected chi connectivity index (χ0v) is 16.8. The zero-order chi connectivity index (χ0) is 20.1. The van der Waals surface area contributed by atoms with Crippen molar-refractivity contribution >= 4 is 23.4 Å². The first-order chi connectivity index (χ1) is 14.2. The van der Waals surface area contributed by atoms with Crippen molar-refractivity contribution in [2.24, 2.45) is 0 Å². The topological polar surface area (TPSA) is 59.8 Å². The summed E-state index contributed by atoms with van der Waals surface area (Å²) in [4.78, 5) is 12.6. The van der Waals surface area contributed by atoms with Crippen LogP contribution in [0.3, 0.4) is 0 Å². The van der Waals surface area contributed by atoms with Crippen LogP contribution in [0.2, 0.25) is 0 Å². The summed E-state index contributed by atoms with van der Waals surface area (Å²) in [5, 5.41) is 11.9. The highest BCUT2D eigenvalue weighted by atomic mass is 32.2. The number of benzene rings is 3. The van der Waals surface area contributed by atoms with Crippen LogP contribution in [0.15, 0.2) is 90.3 Å². The minimum atomic E-state index is -0.0854. The minimum absolute atomic E-state index is 0.0854. The lowest BCUT2D eigenvalue weighted by Gasteiger charge is -2.12. The predicted molar refractivity (Wildman–Crippen MR) is 117 cm³/mol. The number of nitrogens with one attached hydrogen (secondary N) is 1. The van der Waals surface area contributed by atoms with E-state index < -0.39 is 0 Å². The predicted octanol–water partition coefficient (Wildman–Crippen LogP) is 4.97. The highest BCUT2D eigenvalue weighted by molar-refractivity contribution is 7.99. The van der Waals surface area contributed by atoms with E-state index in [2.05, 4.69) is 15.5 Å². The fourth-order valence-electron chi connectivity index (χ4n) is 3.10. The third-order valence-corrected chi connectivity index (χ3v) is 5.45. The molecule has 0 spiro atoms. The van der Waals surface area contributed by atoms with Gasteiger partial charge in [-0.1, -0.05) is 78.5 Å². The average molecular weight is 401 g/mol. The summed E-state index contributed by atoms with van der Waals surface area (Å²) in [5.74, 6) is 0.158. The Balaban J connectivity index is 1.47. The number of rotatable bonds is 6. The lowest BCUT2D eigenvalue weighted by atomic mass is 10.0. The van der Waals surface area contributed by atoms with Gasteiger partial charge in [0, 0.05) is 11.3 Å².